The Hall–Kier alpha value is -12.4. The molecule has 13 rings (SSSR count). The number of ether oxygens (including phenoxy) is 6. The van der Waals surface area contributed by atoms with Crippen LogP contribution in [0.2, 0.25) is 0 Å². The second kappa shape index (κ2) is 37.7. The summed E-state index contributed by atoms with van der Waals surface area (Å²) in [6.45, 7) is 11.7. The number of nitrogens with one attached hydrogen (secondary N) is 1. The number of hydrogen-bond donors (Lipinski definition) is 4. The number of hydrogen-bond acceptors (Lipinski definition) is 24. The fourth-order valence-electron chi connectivity index (χ4n) is 9.45. The summed E-state index contributed by atoms with van der Waals surface area (Å²) >= 11 is 7.25. The minimum absolute atomic E-state index is 0.00951. The smallest absolute Gasteiger partial charge is 0.338 e. The van der Waals surface area contributed by atoms with E-state index in [0.717, 1.165) is 56.0 Å². The second-order valence-electron chi connectivity index (χ2n) is 23.0. The van der Waals surface area contributed by atoms with E-state index in [1.807, 2.05) is 131 Å². The van der Waals surface area contributed by atoms with Crippen molar-refractivity contribution in [3.05, 3.63) is 283 Å². The molecule has 0 spiro atoms. The van der Waals surface area contributed by atoms with Gasteiger partial charge in [-0.2, -0.15) is 0 Å². The number of carbonyl (C=O) groups excluding carboxylic acids is 4. The maximum absolute atomic E-state index is 13.1. The molecule has 8 aromatic heterocycles. The number of phenols is 2. The molecule has 1 atom stereocenters. The molecule has 8 heterocycles. The van der Waals surface area contributed by atoms with Crippen LogP contribution in [0.3, 0.4) is 0 Å². The third-order valence-electron chi connectivity index (χ3n) is 14.7. The second-order valence-corrected chi connectivity index (χ2v) is 26.5. The molecule has 0 fully saturated rings. The molecule has 27 heteroatoms. The first-order chi connectivity index (χ1) is 51.0. The Morgan fingerprint density at radius 3 is 1.11 bits per heavy atom. The van der Waals surface area contributed by atoms with Gasteiger partial charge < -0.3 is 49.1 Å². The highest BCUT2D eigenvalue weighted by Gasteiger charge is 2.19. The summed E-state index contributed by atoms with van der Waals surface area (Å²) in [5.41, 5.74) is 13.6. The van der Waals surface area contributed by atoms with Crippen molar-refractivity contribution in [3.8, 4) is 89.4 Å². The third kappa shape index (κ3) is 23.0. The van der Waals surface area contributed by atoms with Crippen molar-refractivity contribution >= 4 is 79.7 Å². The molecular weight excluding hydrogens is 1480 g/mol. The molecule has 0 saturated carbocycles. The number of aryl methyl sites for hydroxylation is 5. The lowest BCUT2D eigenvalue weighted by Crippen LogP contribution is -2.26. The van der Waals surface area contributed by atoms with Crippen LogP contribution in [0.5, 0.6) is 44.3 Å². The number of benzene rings is 5. The minimum atomic E-state index is -1.02. The van der Waals surface area contributed by atoms with E-state index in [0.29, 0.717) is 82.1 Å². The van der Waals surface area contributed by atoms with Gasteiger partial charge in [0.05, 0.1) is 72.4 Å². The molecule has 13 aromatic rings. The van der Waals surface area contributed by atoms with Gasteiger partial charge in [-0.25, -0.2) is 34.1 Å². The summed E-state index contributed by atoms with van der Waals surface area (Å²) < 4.78 is 31.8. The van der Waals surface area contributed by atoms with E-state index in [1.54, 1.807) is 103 Å². The average molecular weight is 1540 g/mol. The van der Waals surface area contributed by atoms with Crippen molar-refractivity contribution in [2.75, 3.05) is 21.3 Å². The maximum atomic E-state index is 13.1. The fraction of sp³-hybridized carbons (Fsp3) is 0.127. The largest absolute Gasteiger partial charge is 0.508 e. The molecule has 0 saturated heterocycles. The van der Waals surface area contributed by atoms with Crippen molar-refractivity contribution in [2.24, 2.45) is 0 Å². The average Bonchev–Trinajstić information content (AvgIpc) is 1.68. The zero-order valence-corrected chi connectivity index (χ0v) is 62.4. The van der Waals surface area contributed by atoms with Crippen LogP contribution in [0, 0.1) is 34.6 Å². The molecule has 538 valence electrons. The van der Waals surface area contributed by atoms with Crippen LogP contribution in [0.4, 0.5) is 0 Å². The Balaban J connectivity index is 0.000000158. The van der Waals surface area contributed by atoms with E-state index in [1.165, 1.54) is 79.6 Å². The van der Waals surface area contributed by atoms with E-state index in [2.05, 4.69) is 70.6 Å². The normalized spacial score (nSPS) is 10.6. The van der Waals surface area contributed by atoms with E-state index < -0.39 is 23.9 Å². The lowest BCUT2D eigenvalue weighted by Gasteiger charge is -2.15. The van der Waals surface area contributed by atoms with Gasteiger partial charge in [-0.3, -0.25) is 29.7 Å². The monoisotopic (exact) mass is 1540 g/mol. The standard InChI is InChI=1S/C24H22N4O2S.C17H14N2O3S.C16H12N2O3S.C14H13NO3.C8H7BrO3/c1-15-4-7-22(27-13-15)19-10-20(12-21(11-19)30-24-25-8-9-31-24)23(29)28-17(3)18-6-5-16(2)26-14-18;1-11-3-4-15(19-10-11)12-7-13(16(20)21-2)9-14(8-12)22-17-18-5-6-23-17;1-10-2-3-14(18-9-10)11-6-12(15(19)20)8-13(7-11)21-16-17-4-5-22-16;1-9-3-4-13(15-8-9)10-5-11(14(17)18-2)7-12(16)6-10;1-12-8(11)5-2-6(9)4-7(10)3-5/h4-14,17H,1-3H3,(H,28,29);3-10H,1-2H3;2-9H,1H3,(H,19,20);3-8,16H,1-2H3;2-4,10H,1H3/t17-;;;;/m1..../s1. The van der Waals surface area contributed by atoms with E-state index >= 15 is 0 Å². The molecule has 0 aliphatic heterocycles. The maximum Gasteiger partial charge on any atom is 0.338 e. The predicted molar refractivity (Wildman–Crippen MR) is 408 cm³/mol. The van der Waals surface area contributed by atoms with Gasteiger partial charge in [-0.05, 0) is 191 Å². The number of phenolic OH excluding ortho intramolecular Hbond substituents is 2. The number of carboxylic acid groups (broad SMARTS) is 1. The fourth-order valence-corrected chi connectivity index (χ4v) is 11.4. The van der Waals surface area contributed by atoms with Crippen LogP contribution in [0.15, 0.2) is 222 Å². The van der Waals surface area contributed by atoms with Gasteiger partial charge in [0.25, 0.3) is 21.5 Å². The van der Waals surface area contributed by atoms with Crippen molar-refractivity contribution in [2.45, 2.75) is 47.6 Å². The molecule has 0 aliphatic carbocycles. The SMILES string of the molecule is COC(=O)c1cc(O)cc(-c2ccc(C)cn2)c1.COC(=O)c1cc(O)cc(Br)c1.COC(=O)c1cc(Oc2nccs2)cc(-c2ccc(C)cn2)c1.Cc1ccc(-c2cc(Oc3nccs3)cc(C(=O)N[C@H](C)c3ccc(C)nc3)c2)nc1.Cc1ccc(-c2cc(Oc3nccs3)cc(C(=O)O)c2)nc1. The van der Waals surface area contributed by atoms with Crippen LogP contribution in [-0.2, 0) is 14.2 Å². The number of pyridine rings is 5. The van der Waals surface area contributed by atoms with Crippen LogP contribution in [0.1, 0.15) is 98.3 Å². The lowest BCUT2D eigenvalue weighted by molar-refractivity contribution is 0.0591. The number of aromatic carboxylic acids is 1. The third-order valence-corrected chi connectivity index (χ3v) is 17.1. The number of thiazole rings is 3. The van der Waals surface area contributed by atoms with Crippen molar-refractivity contribution in [3.63, 3.8) is 0 Å². The number of aromatic hydroxyl groups is 2. The Kier molecular flexibility index (Phi) is 27.6. The lowest BCUT2D eigenvalue weighted by atomic mass is 10.0. The highest BCUT2D eigenvalue weighted by Crippen LogP contribution is 2.34. The molecular formula is C79H68BrN9O14S3. The van der Waals surface area contributed by atoms with Gasteiger partial charge in [0.1, 0.15) is 28.7 Å². The number of esters is 3. The number of carboxylic acids is 1. The van der Waals surface area contributed by atoms with E-state index in [-0.39, 0.29) is 29.0 Å². The van der Waals surface area contributed by atoms with Gasteiger partial charge in [-0.15, -0.1) is 0 Å². The Bertz CT molecular complexity index is 5100. The molecule has 0 bridgehead atoms. The van der Waals surface area contributed by atoms with Gasteiger partial charge in [-0.1, -0.05) is 80.3 Å². The summed E-state index contributed by atoms with van der Waals surface area (Å²) in [5.74, 6) is -1.09. The summed E-state index contributed by atoms with van der Waals surface area (Å²) in [4.78, 5) is 92.7. The predicted octanol–water partition coefficient (Wildman–Crippen LogP) is 18.1. The Morgan fingerprint density at radius 1 is 0.406 bits per heavy atom. The molecule has 106 heavy (non-hydrogen) atoms. The number of halogens is 1. The molecule has 4 N–H and O–H groups in total. The first-order valence-corrected chi connectivity index (χ1v) is 35.4. The number of nitrogens with zero attached hydrogens (tertiary/aromatic N) is 8. The van der Waals surface area contributed by atoms with Crippen molar-refractivity contribution in [1.82, 2.24) is 45.2 Å². The van der Waals surface area contributed by atoms with Gasteiger partial charge in [0.2, 0.25) is 0 Å². The van der Waals surface area contributed by atoms with E-state index in [9.17, 15) is 34.2 Å². The van der Waals surface area contributed by atoms with Gasteiger partial charge >= 0.3 is 23.9 Å². The van der Waals surface area contributed by atoms with Crippen LogP contribution < -0.4 is 19.5 Å². The van der Waals surface area contributed by atoms with Crippen LogP contribution in [-0.4, -0.2) is 106 Å². The molecule has 0 radical (unpaired) electrons. The molecule has 0 unspecified atom stereocenters. The Labute approximate surface area is 630 Å². The number of carbonyl (C=O) groups is 5. The summed E-state index contributed by atoms with van der Waals surface area (Å²) in [5, 5.41) is 38.0. The highest BCUT2D eigenvalue weighted by molar-refractivity contribution is 9.10. The molecule has 23 nitrogen and oxygen atoms in total. The van der Waals surface area contributed by atoms with E-state index in [4.69, 9.17) is 24.1 Å². The minimum Gasteiger partial charge on any atom is -0.508 e. The summed E-state index contributed by atoms with van der Waals surface area (Å²) in [6.07, 6.45) is 13.8. The molecule has 0 aliphatic rings. The zero-order chi connectivity index (χ0) is 75.8. The highest BCUT2D eigenvalue weighted by atomic mass is 79.9. The first kappa shape index (κ1) is 77.7. The Morgan fingerprint density at radius 2 is 0.764 bits per heavy atom. The van der Waals surface area contributed by atoms with Crippen molar-refractivity contribution in [1.29, 1.82) is 0 Å². The number of amides is 1. The van der Waals surface area contributed by atoms with Gasteiger partial charge in [0, 0.05) is 104 Å². The number of aromatic nitrogens is 8. The first-order valence-electron chi connectivity index (χ1n) is 31.9. The topological polar surface area (TPSA) is 317 Å². The number of rotatable bonds is 17. The molecule has 5 aromatic carbocycles. The van der Waals surface area contributed by atoms with Gasteiger partial charge in [0.15, 0.2) is 0 Å². The molecule has 1 amide bonds. The van der Waals surface area contributed by atoms with Crippen LogP contribution >= 0.6 is 49.9 Å². The van der Waals surface area contributed by atoms with Crippen molar-refractivity contribution < 1.29 is 67.7 Å². The van der Waals surface area contributed by atoms with Crippen LogP contribution in [0.25, 0.3) is 45.0 Å². The quantitative estimate of drug-likeness (QED) is 0.0486. The summed E-state index contributed by atoms with van der Waals surface area (Å²) in [7, 11) is 3.94. The zero-order valence-electron chi connectivity index (χ0n) is 58.4. The summed E-state index contributed by atoms with van der Waals surface area (Å²) in [6, 6.07) is 43.4. The number of methoxy groups -OCH3 is 3.